The lowest BCUT2D eigenvalue weighted by molar-refractivity contribution is -0.759. The van der Waals surface area contributed by atoms with Crippen molar-refractivity contribution < 1.29 is 14.8 Å². The van der Waals surface area contributed by atoms with E-state index in [1.807, 2.05) is 18.2 Å². The average Bonchev–Trinajstić information content (AvgIpc) is 2.27. The van der Waals surface area contributed by atoms with E-state index < -0.39 is 0 Å². The highest BCUT2D eigenvalue weighted by atomic mass is 16.5. The molecule has 98 valence electrons. The van der Waals surface area contributed by atoms with Crippen molar-refractivity contribution in [1.82, 2.24) is 0 Å². The summed E-state index contributed by atoms with van der Waals surface area (Å²) in [5.41, 5.74) is 0.789. The zero-order valence-corrected chi connectivity index (χ0v) is 11.3. The van der Waals surface area contributed by atoms with Crippen LogP contribution in [0.15, 0.2) is 30.3 Å². The molecule has 0 radical (unpaired) electrons. The Bertz CT molecular complexity index is 414. The van der Waals surface area contributed by atoms with E-state index in [0.717, 1.165) is 12.8 Å². The molecule has 0 unspecified atom stereocenters. The van der Waals surface area contributed by atoms with Gasteiger partial charge in [-0.1, -0.05) is 18.2 Å². The lowest BCUT2D eigenvalue weighted by atomic mass is 9.87. The maximum atomic E-state index is 12.0. The summed E-state index contributed by atoms with van der Waals surface area (Å²) in [5, 5.41) is 2.36. The fourth-order valence-corrected chi connectivity index (χ4v) is 2.87. The quantitative estimate of drug-likeness (QED) is 0.810. The summed E-state index contributed by atoms with van der Waals surface area (Å²) < 4.78 is 5.62. The molecule has 0 amide bonds. The molecule has 1 aliphatic rings. The molecule has 1 fully saturated rings. The molecule has 1 aromatic rings. The van der Waals surface area contributed by atoms with Crippen molar-refractivity contribution in [2.75, 3.05) is 0 Å². The molecule has 1 aliphatic heterocycles. The maximum absolute atomic E-state index is 12.0. The molecular formula is C15H22NO2+. The first-order chi connectivity index (χ1) is 8.46. The molecule has 3 nitrogen and oxygen atoms in total. The van der Waals surface area contributed by atoms with Gasteiger partial charge in [0.25, 0.3) is 0 Å². The Morgan fingerprint density at radius 2 is 2.00 bits per heavy atom. The lowest BCUT2D eigenvalue weighted by Gasteiger charge is -2.36. The van der Waals surface area contributed by atoms with E-state index in [2.05, 4.69) is 26.1 Å². The number of benzene rings is 1. The minimum absolute atomic E-state index is 0.0349. The third-order valence-corrected chi connectivity index (χ3v) is 3.41. The minimum Gasteiger partial charge on any atom is -0.458 e. The van der Waals surface area contributed by atoms with Gasteiger partial charge in [-0.25, -0.2) is 4.79 Å². The highest BCUT2D eigenvalue weighted by molar-refractivity contribution is 5.89. The number of rotatable bonds is 2. The van der Waals surface area contributed by atoms with Crippen LogP contribution >= 0.6 is 0 Å². The van der Waals surface area contributed by atoms with Gasteiger partial charge in [0.1, 0.15) is 6.10 Å². The van der Waals surface area contributed by atoms with E-state index in [9.17, 15) is 4.79 Å². The van der Waals surface area contributed by atoms with Crippen LogP contribution in [0.25, 0.3) is 0 Å². The highest BCUT2D eigenvalue weighted by Gasteiger charge is 2.37. The Labute approximate surface area is 109 Å². The third-order valence-electron chi connectivity index (χ3n) is 3.41. The fraction of sp³-hybridized carbons (Fsp3) is 0.533. The Balaban J connectivity index is 1.99. The summed E-state index contributed by atoms with van der Waals surface area (Å²) in [6.07, 6.45) is 1.88. The topological polar surface area (TPSA) is 42.9 Å². The summed E-state index contributed by atoms with van der Waals surface area (Å²) in [5.74, 6) is -0.203. The number of ether oxygens (including phenoxy) is 1. The van der Waals surface area contributed by atoms with Crippen molar-refractivity contribution in [2.24, 2.45) is 0 Å². The van der Waals surface area contributed by atoms with Crippen molar-refractivity contribution in [2.45, 2.75) is 51.3 Å². The SMILES string of the molecule is C[C@H]1C[C@H](OC(=O)c2ccccc2)CC(C)(C)[NH2+]1. The highest BCUT2D eigenvalue weighted by Crippen LogP contribution is 2.20. The van der Waals surface area contributed by atoms with Gasteiger partial charge in [-0.15, -0.1) is 0 Å². The molecule has 1 aromatic carbocycles. The van der Waals surface area contributed by atoms with Crippen LogP contribution < -0.4 is 5.32 Å². The molecule has 0 aromatic heterocycles. The van der Waals surface area contributed by atoms with Crippen molar-refractivity contribution in [3.05, 3.63) is 35.9 Å². The van der Waals surface area contributed by atoms with Gasteiger partial charge in [0.05, 0.1) is 17.1 Å². The number of quaternary nitrogens is 1. The number of piperidine rings is 1. The van der Waals surface area contributed by atoms with E-state index in [0.29, 0.717) is 11.6 Å². The Kier molecular flexibility index (Phi) is 3.71. The van der Waals surface area contributed by atoms with Gasteiger partial charge in [-0.2, -0.15) is 0 Å². The zero-order valence-electron chi connectivity index (χ0n) is 11.3. The van der Waals surface area contributed by atoms with E-state index in [1.165, 1.54) is 0 Å². The molecule has 0 spiro atoms. The summed E-state index contributed by atoms with van der Waals surface area (Å²) in [6.45, 7) is 6.59. The van der Waals surface area contributed by atoms with E-state index in [1.54, 1.807) is 12.1 Å². The lowest BCUT2D eigenvalue weighted by Crippen LogP contribution is -3.01. The second kappa shape index (κ2) is 5.11. The minimum atomic E-state index is -0.203. The van der Waals surface area contributed by atoms with Gasteiger partial charge in [-0.3, -0.25) is 0 Å². The van der Waals surface area contributed by atoms with Crippen molar-refractivity contribution in [3.8, 4) is 0 Å². The van der Waals surface area contributed by atoms with Gasteiger partial charge in [0.2, 0.25) is 0 Å². The number of hydrogen-bond donors (Lipinski definition) is 1. The maximum Gasteiger partial charge on any atom is 0.338 e. The van der Waals surface area contributed by atoms with Gasteiger partial charge < -0.3 is 10.1 Å². The first-order valence-electron chi connectivity index (χ1n) is 6.58. The molecular weight excluding hydrogens is 226 g/mol. The van der Waals surface area contributed by atoms with Crippen LogP contribution in [0.4, 0.5) is 0 Å². The molecule has 18 heavy (non-hydrogen) atoms. The van der Waals surface area contributed by atoms with E-state index >= 15 is 0 Å². The predicted octanol–water partition coefficient (Wildman–Crippen LogP) is 1.74. The molecule has 2 atom stereocenters. The molecule has 0 aliphatic carbocycles. The molecule has 2 N–H and O–H groups in total. The normalized spacial score (nSPS) is 26.6. The van der Waals surface area contributed by atoms with Gasteiger partial charge >= 0.3 is 5.97 Å². The van der Waals surface area contributed by atoms with E-state index in [4.69, 9.17) is 4.74 Å². The van der Waals surface area contributed by atoms with Crippen LogP contribution in [-0.4, -0.2) is 23.7 Å². The number of carbonyl (C=O) groups excluding carboxylic acids is 1. The molecule has 0 saturated carbocycles. The van der Waals surface area contributed by atoms with Crippen LogP contribution in [0.3, 0.4) is 0 Å². The van der Waals surface area contributed by atoms with Crippen LogP contribution in [-0.2, 0) is 4.74 Å². The van der Waals surface area contributed by atoms with Crippen molar-refractivity contribution in [3.63, 3.8) is 0 Å². The molecule has 1 saturated heterocycles. The third kappa shape index (κ3) is 3.33. The monoisotopic (exact) mass is 248 g/mol. The first kappa shape index (κ1) is 13.1. The molecule has 0 bridgehead atoms. The average molecular weight is 248 g/mol. The van der Waals surface area contributed by atoms with Gasteiger partial charge in [0, 0.05) is 12.8 Å². The summed E-state index contributed by atoms with van der Waals surface area (Å²) >= 11 is 0. The zero-order chi connectivity index (χ0) is 13.2. The van der Waals surface area contributed by atoms with Crippen LogP contribution in [0, 0.1) is 0 Å². The second-order valence-corrected chi connectivity index (χ2v) is 5.97. The largest absolute Gasteiger partial charge is 0.458 e. The molecule has 2 rings (SSSR count). The standard InChI is InChI=1S/C15H21NO2/c1-11-9-13(10-15(2,3)16-11)18-14(17)12-7-5-4-6-8-12/h4-8,11,13,16H,9-10H2,1-3H3/p+1/t11-,13-/m0/s1. The van der Waals surface area contributed by atoms with Crippen LogP contribution in [0.1, 0.15) is 44.0 Å². The Morgan fingerprint density at radius 3 is 2.61 bits per heavy atom. The Hall–Kier alpha value is -1.35. The van der Waals surface area contributed by atoms with Crippen molar-refractivity contribution in [1.29, 1.82) is 0 Å². The summed E-state index contributed by atoms with van der Waals surface area (Å²) in [7, 11) is 0. The molecule has 1 heterocycles. The number of hydrogen-bond acceptors (Lipinski definition) is 2. The van der Waals surface area contributed by atoms with Crippen LogP contribution in [0.2, 0.25) is 0 Å². The van der Waals surface area contributed by atoms with Gasteiger partial charge in [-0.05, 0) is 32.9 Å². The second-order valence-electron chi connectivity index (χ2n) is 5.97. The molecule has 3 heteroatoms. The number of esters is 1. The number of nitrogens with two attached hydrogens (primary N) is 1. The summed E-state index contributed by atoms with van der Waals surface area (Å²) in [6, 6.07) is 9.72. The van der Waals surface area contributed by atoms with Crippen molar-refractivity contribution >= 4 is 5.97 Å². The van der Waals surface area contributed by atoms with Crippen LogP contribution in [0.5, 0.6) is 0 Å². The van der Waals surface area contributed by atoms with Gasteiger partial charge in [0.15, 0.2) is 0 Å². The number of carbonyl (C=O) groups is 1. The first-order valence-corrected chi connectivity index (χ1v) is 6.58. The fourth-order valence-electron chi connectivity index (χ4n) is 2.87. The smallest absolute Gasteiger partial charge is 0.338 e. The summed E-state index contributed by atoms with van der Waals surface area (Å²) in [4.78, 5) is 12.0. The Morgan fingerprint density at radius 1 is 1.33 bits per heavy atom. The predicted molar refractivity (Wildman–Crippen MR) is 70.3 cm³/mol. The van der Waals surface area contributed by atoms with E-state index in [-0.39, 0.29) is 17.6 Å².